The van der Waals surface area contributed by atoms with Crippen molar-refractivity contribution in [3.05, 3.63) is 27.8 Å². The SMILES string of the molecule is CC1(C)Oc2csc([C@@H](O)CNc3nccnc3Cl)c2O1. The molecule has 0 amide bonds. The van der Waals surface area contributed by atoms with Gasteiger partial charge in [-0.1, -0.05) is 11.6 Å². The van der Waals surface area contributed by atoms with Gasteiger partial charge in [-0.2, -0.15) is 0 Å². The third-order valence-corrected chi connectivity index (χ3v) is 4.18. The lowest BCUT2D eigenvalue weighted by molar-refractivity contribution is -0.0441. The molecule has 1 aliphatic heterocycles. The zero-order valence-electron chi connectivity index (χ0n) is 11.5. The van der Waals surface area contributed by atoms with Crippen molar-refractivity contribution in [1.29, 1.82) is 0 Å². The van der Waals surface area contributed by atoms with Crippen LogP contribution in [0.15, 0.2) is 17.8 Å². The van der Waals surface area contributed by atoms with E-state index in [1.807, 2.05) is 19.2 Å². The second-order valence-corrected chi connectivity index (χ2v) is 6.26. The maximum Gasteiger partial charge on any atom is 0.246 e. The lowest BCUT2D eigenvalue weighted by Crippen LogP contribution is -2.30. The average Bonchev–Trinajstić information content (AvgIpc) is 2.92. The predicted molar refractivity (Wildman–Crippen MR) is 80.1 cm³/mol. The summed E-state index contributed by atoms with van der Waals surface area (Å²) < 4.78 is 11.3. The van der Waals surface area contributed by atoms with Gasteiger partial charge in [-0.15, -0.1) is 11.3 Å². The standard InChI is InChI=1S/C13H14ClN3O3S/c1-13(2)19-8-6-21-10(9(8)20-13)7(18)5-17-12-11(14)15-3-4-16-12/h3-4,6-7,18H,5H2,1-2H3,(H,16,17)/t7-/m0/s1. The molecule has 6 nitrogen and oxygen atoms in total. The summed E-state index contributed by atoms with van der Waals surface area (Å²) in [4.78, 5) is 8.68. The lowest BCUT2D eigenvalue weighted by Gasteiger charge is -2.18. The molecular formula is C13H14ClN3O3S. The fourth-order valence-corrected chi connectivity index (χ4v) is 3.05. The molecule has 0 spiro atoms. The number of aliphatic hydroxyl groups excluding tert-OH is 1. The molecule has 0 aliphatic carbocycles. The smallest absolute Gasteiger partial charge is 0.246 e. The molecule has 21 heavy (non-hydrogen) atoms. The van der Waals surface area contributed by atoms with Crippen molar-refractivity contribution in [2.24, 2.45) is 0 Å². The van der Waals surface area contributed by atoms with Gasteiger partial charge in [0.05, 0.1) is 4.88 Å². The van der Waals surface area contributed by atoms with E-state index in [1.165, 1.54) is 23.7 Å². The van der Waals surface area contributed by atoms with Crippen LogP contribution in [-0.2, 0) is 0 Å². The molecule has 0 bridgehead atoms. The Hall–Kier alpha value is -1.57. The summed E-state index contributed by atoms with van der Waals surface area (Å²) in [5.74, 6) is 0.999. The Bertz CT molecular complexity index is 662. The minimum absolute atomic E-state index is 0.245. The van der Waals surface area contributed by atoms with Crippen molar-refractivity contribution >= 4 is 28.8 Å². The maximum absolute atomic E-state index is 10.3. The van der Waals surface area contributed by atoms with E-state index in [2.05, 4.69) is 15.3 Å². The number of anilines is 1. The second kappa shape index (κ2) is 5.32. The number of ether oxygens (including phenoxy) is 2. The molecule has 0 fully saturated rings. The summed E-state index contributed by atoms with van der Waals surface area (Å²) in [6.07, 6.45) is 2.28. The van der Waals surface area contributed by atoms with Gasteiger partial charge in [0.2, 0.25) is 5.79 Å². The summed E-state index contributed by atoms with van der Waals surface area (Å²) in [6.45, 7) is 3.89. The van der Waals surface area contributed by atoms with Crippen LogP contribution in [0, 0.1) is 0 Å². The molecule has 2 N–H and O–H groups in total. The zero-order valence-corrected chi connectivity index (χ0v) is 13.0. The van der Waals surface area contributed by atoms with Crippen LogP contribution in [0.4, 0.5) is 5.82 Å². The second-order valence-electron chi connectivity index (χ2n) is 4.99. The van der Waals surface area contributed by atoms with Crippen molar-refractivity contribution in [1.82, 2.24) is 9.97 Å². The van der Waals surface area contributed by atoms with Crippen molar-refractivity contribution < 1.29 is 14.6 Å². The lowest BCUT2D eigenvalue weighted by atomic mass is 10.2. The molecule has 112 valence electrons. The van der Waals surface area contributed by atoms with Crippen molar-refractivity contribution in [3.63, 3.8) is 0 Å². The highest BCUT2D eigenvalue weighted by Gasteiger charge is 2.36. The van der Waals surface area contributed by atoms with Gasteiger partial charge in [0, 0.05) is 38.2 Å². The van der Waals surface area contributed by atoms with E-state index in [1.54, 1.807) is 0 Å². The Labute approximate surface area is 130 Å². The minimum atomic E-state index is -0.755. The number of aromatic nitrogens is 2. The molecule has 2 aromatic heterocycles. The van der Waals surface area contributed by atoms with E-state index in [-0.39, 0.29) is 11.7 Å². The van der Waals surface area contributed by atoms with Crippen LogP contribution in [0.5, 0.6) is 11.5 Å². The van der Waals surface area contributed by atoms with Gasteiger partial charge in [0.1, 0.15) is 6.10 Å². The Balaban J connectivity index is 1.70. The Morgan fingerprint density at radius 1 is 1.38 bits per heavy atom. The maximum atomic E-state index is 10.3. The number of nitrogens with one attached hydrogen (secondary N) is 1. The van der Waals surface area contributed by atoms with Gasteiger partial charge >= 0.3 is 0 Å². The largest absolute Gasteiger partial charge is 0.448 e. The van der Waals surface area contributed by atoms with Gasteiger partial charge in [0.15, 0.2) is 22.5 Å². The van der Waals surface area contributed by atoms with Gasteiger partial charge in [-0.05, 0) is 0 Å². The molecule has 2 aromatic rings. The van der Waals surface area contributed by atoms with Crippen LogP contribution < -0.4 is 14.8 Å². The van der Waals surface area contributed by atoms with Crippen LogP contribution >= 0.6 is 22.9 Å². The molecule has 3 rings (SSSR count). The minimum Gasteiger partial charge on any atom is -0.448 e. The van der Waals surface area contributed by atoms with Crippen LogP contribution in [0.1, 0.15) is 24.8 Å². The first-order valence-corrected chi connectivity index (χ1v) is 7.60. The summed E-state index contributed by atoms with van der Waals surface area (Å²) >= 11 is 7.30. The number of fused-ring (bicyclic) bond motifs is 1. The van der Waals surface area contributed by atoms with Crippen molar-refractivity contribution in [2.45, 2.75) is 25.7 Å². The summed E-state index contributed by atoms with van der Waals surface area (Å²) in [5, 5.41) is 15.4. The Morgan fingerprint density at radius 2 is 2.14 bits per heavy atom. The van der Waals surface area contributed by atoms with E-state index >= 15 is 0 Å². The highest BCUT2D eigenvalue weighted by molar-refractivity contribution is 7.10. The Kier molecular flexibility index (Phi) is 3.64. The van der Waals surface area contributed by atoms with Gasteiger partial charge < -0.3 is 19.9 Å². The molecular weight excluding hydrogens is 314 g/mol. The highest BCUT2D eigenvalue weighted by Crippen LogP contribution is 2.48. The van der Waals surface area contributed by atoms with E-state index in [4.69, 9.17) is 21.1 Å². The van der Waals surface area contributed by atoms with Crippen LogP contribution in [-0.4, -0.2) is 27.4 Å². The Morgan fingerprint density at radius 3 is 2.90 bits per heavy atom. The van der Waals surface area contributed by atoms with Crippen molar-refractivity contribution in [3.8, 4) is 11.5 Å². The number of hydrogen-bond acceptors (Lipinski definition) is 7. The summed E-state index contributed by atoms with van der Waals surface area (Å²) in [5.41, 5.74) is 0. The van der Waals surface area contributed by atoms with Gasteiger partial charge in [-0.3, -0.25) is 0 Å². The first-order chi connectivity index (χ1) is 9.96. The molecule has 1 aliphatic rings. The number of thiophene rings is 1. The third-order valence-electron chi connectivity index (χ3n) is 2.86. The fourth-order valence-electron chi connectivity index (χ4n) is 2.00. The van der Waals surface area contributed by atoms with Crippen LogP contribution in [0.3, 0.4) is 0 Å². The average molecular weight is 328 g/mol. The number of rotatable bonds is 4. The number of hydrogen-bond donors (Lipinski definition) is 2. The predicted octanol–water partition coefficient (Wildman–Crippen LogP) is 2.84. The van der Waals surface area contributed by atoms with E-state index in [0.29, 0.717) is 22.2 Å². The zero-order chi connectivity index (χ0) is 15.0. The summed E-state index contributed by atoms with van der Waals surface area (Å²) in [7, 11) is 0. The van der Waals surface area contributed by atoms with Crippen LogP contribution in [0.2, 0.25) is 5.15 Å². The molecule has 0 unspecified atom stereocenters. The first kappa shape index (κ1) is 14.4. The van der Waals surface area contributed by atoms with Crippen molar-refractivity contribution in [2.75, 3.05) is 11.9 Å². The van der Waals surface area contributed by atoms with E-state index in [0.717, 1.165) is 0 Å². The monoisotopic (exact) mass is 327 g/mol. The molecule has 8 heteroatoms. The molecule has 0 saturated heterocycles. The first-order valence-electron chi connectivity index (χ1n) is 6.34. The fraction of sp³-hybridized carbons (Fsp3) is 0.385. The third kappa shape index (κ3) is 2.90. The van der Waals surface area contributed by atoms with Crippen LogP contribution in [0.25, 0.3) is 0 Å². The number of aliphatic hydroxyl groups is 1. The highest BCUT2D eigenvalue weighted by atomic mass is 35.5. The molecule has 0 radical (unpaired) electrons. The number of halogens is 1. The molecule has 3 heterocycles. The van der Waals surface area contributed by atoms with E-state index < -0.39 is 11.9 Å². The molecule has 0 saturated carbocycles. The van der Waals surface area contributed by atoms with E-state index in [9.17, 15) is 5.11 Å². The molecule has 1 atom stereocenters. The molecule has 0 aromatic carbocycles. The van der Waals surface area contributed by atoms with Gasteiger partial charge in [0.25, 0.3) is 0 Å². The summed E-state index contributed by atoms with van der Waals surface area (Å²) in [6, 6.07) is 0. The topological polar surface area (TPSA) is 76.5 Å². The van der Waals surface area contributed by atoms with Gasteiger partial charge in [-0.25, -0.2) is 9.97 Å². The quantitative estimate of drug-likeness (QED) is 0.899. The number of nitrogens with zero attached hydrogens (tertiary/aromatic N) is 2. The normalized spacial score (nSPS) is 16.8.